The maximum Gasteiger partial charge on any atom is 0.254 e. The Morgan fingerprint density at radius 1 is 1.00 bits per heavy atom. The molecule has 132 valence electrons. The summed E-state index contributed by atoms with van der Waals surface area (Å²) in [6, 6.07) is 13.7. The number of thioether (sulfide) groups is 1. The number of benzene rings is 2. The quantitative estimate of drug-likeness (QED) is 0.763. The SMILES string of the molecule is COc1ccc([C@@H]2Sc3cc(OC)ccc3[C@H]2C(=O)N(C)OC)cc1. The van der Waals surface area contributed by atoms with Gasteiger partial charge in [-0.15, -0.1) is 11.8 Å². The first kappa shape index (κ1) is 17.6. The lowest BCUT2D eigenvalue weighted by Gasteiger charge is -2.23. The molecule has 0 saturated carbocycles. The summed E-state index contributed by atoms with van der Waals surface area (Å²) >= 11 is 1.67. The molecule has 0 fully saturated rings. The van der Waals surface area contributed by atoms with Crippen LogP contribution in [0.25, 0.3) is 0 Å². The monoisotopic (exact) mass is 359 g/mol. The Hall–Kier alpha value is -2.18. The second kappa shape index (κ2) is 7.37. The standard InChI is InChI=1S/C19H21NO4S/c1-20(24-4)19(21)17-15-10-9-14(23-3)11-16(15)25-18(17)12-5-7-13(22-2)8-6-12/h5-11,17-18H,1-4H3/t17-,18+/m1/s1. The number of fused-ring (bicyclic) bond motifs is 1. The van der Waals surface area contributed by atoms with Gasteiger partial charge in [-0.1, -0.05) is 18.2 Å². The molecule has 0 N–H and O–H groups in total. The van der Waals surface area contributed by atoms with Gasteiger partial charge in [0, 0.05) is 11.9 Å². The third kappa shape index (κ3) is 3.32. The molecule has 0 unspecified atom stereocenters. The third-order valence-corrected chi connectivity index (χ3v) is 5.81. The van der Waals surface area contributed by atoms with Crippen molar-refractivity contribution in [2.75, 3.05) is 28.4 Å². The number of rotatable bonds is 5. The van der Waals surface area contributed by atoms with Crippen LogP contribution in [-0.4, -0.2) is 39.3 Å². The van der Waals surface area contributed by atoms with E-state index in [0.29, 0.717) is 0 Å². The average molecular weight is 359 g/mol. The number of hydrogen-bond acceptors (Lipinski definition) is 5. The van der Waals surface area contributed by atoms with Crippen LogP contribution in [0.5, 0.6) is 11.5 Å². The van der Waals surface area contributed by atoms with Crippen molar-refractivity contribution in [2.24, 2.45) is 0 Å². The van der Waals surface area contributed by atoms with Crippen LogP contribution >= 0.6 is 11.8 Å². The Balaban J connectivity index is 2.02. The number of carbonyl (C=O) groups is 1. The van der Waals surface area contributed by atoms with Gasteiger partial charge in [0.05, 0.1) is 32.5 Å². The fraction of sp³-hybridized carbons (Fsp3) is 0.316. The molecule has 1 heterocycles. The van der Waals surface area contributed by atoms with Crippen molar-refractivity contribution >= 4 is 17.7 Å². The van der Waals surface area contributed by atoms with E-state index in [9.17, 15) is 4.79 Å². The first-order chi connectivity index (χ1) is 12.1. The van der Waals surface area contributed by atoms with E-state index in [1.807, 2.05) is 42.5 Å². The van der Waals surface area contributed by atoms with E-state index in [2.05, 4.69) is 0 Å². The molecule has 0 spiro atoms. The minimum atomic E-state index is -0.316. The molecule has 25 heavy (non-hydrogen) atoms. The summed E-state index contributed by atoms with van der Waals surface area (Å²) in [5, 5.41) is 1.26. The van der Waals surface area contributed by atoms with E-state index >= 15 is 0 Å². The molecule has 0 radical (unpaired) electrons. The van der Waals surface area contributed by atoms with Crippen molar-refractivity contribution < 1.29 is 19.1 Å². The van der Waals surface area contributed by atoms with Gasteiger partial charge in [-0.25, -0.2) is 5.06 Å². The third-order valence-electron chi connectivity index (χ3n) is 4.41. The highest BCUT2D eigenvalue weighted by molar-refractivity contribution is 8.00. The molecule has 2 aromatic rings. The minimum absolute atomic E-state index is 0.0295. The highest BCUT2D eigenvalue weighted by Gasteiger charge is 2.41. The molecule has 1 aliphatic heterocycles. The largest absolute Gasteiger partial charge is 0.497 e. The lowest BCUT2D eigenvalue weighted by molar-refractivity contribution is -0.170. The topological polar surface area (TPSA) is 48.0 Å². The van der Waals surface area contributed by atoms with E-state index in [1.165, 1.54) is 12.2 Å². The van der Waals surface area contributed by atoms with E-state index in [4.69, 9.17) is 14.3 Å². The van der Waals surface area contributed by atoms with Crippen molar-refractivity contribution in [1.29, 1.82) is 0 Å². The molecule has 0 aliphatic carbocycles. The minimum Gasteiger partial charge on any atom is -0.497 e. The maximum atomic E-state index is 12.9. The molecule has 3 rings (SSSR count). The summed E-state index contributed by atoms with van der Waals surface area (Å²) in [5.41, 5.74) is 2.07. The smallest absolute Gasteiger partial charge is 0.254 e. The number of amides is 1. The van der Waals surface area contributed by atoms with E-state index in [-0.39, 0.29) is 17.1 Å². The molecule has 0 bridgehead atoms. The average Bonchev–Trinajstić information content (AvgIpc) is 3.05. The number of hydrogen-bond donors (Lipinski definition) is 0. The Kier molecular flexibility index (Phi) is 5.20. The van der Waals surface area contributed by atoms with Crippen molar-refractivity contribution in [1.82, 2.24) is 5.06 Å². The second-order valence-corrected chi connectivity index (χ2v) is 6.89. The fourth-order valence-corrected chi connectivity index (χ4v) is 4.45. The first-order valence-corrected chi connectivity index (χ1v) is 8.77. The normalized spacial score (nSPS) is 18.6. The van der Waals surface area contributed by atoms with Gasteiger partial charge in [0.25, 0.3) is 5.91 Å². The van der Waals surface area contributed by atoms with Crippen LogP contribution in [0.1, 0.15) is 22.3 Å². The highest BCUT2D eigenvalue weighted by atomic mass is 32.2. The number of ether oxygens (including phenoxy) is 2. The van der Waals surface area contributed by atoms with E-state index < -0.39 is 0 Å². The summed E-state index contributed by atoms with van der Waals surface area (Å²) in [7, 11) is 6.42. The molecule has 6 heteroatoms. The molecule has 0 saturated heterocycles. The van der Waals surface area contributed by atoms with Crippen LogP contribution in [0, 0.1) is 0 Å². The van der Waals surface area contributed by atoms with Gasteiger partial charge in [0.2, 0.25) is 0 Å². The summed E-state index contributed by atoms with van der Waals surface area (Å²) in [6.07, 6.45) is 0. The van der Waals surface area contributed by atoms with E-state index in [0.717, 1.165) is 27.5 Å². The number of methoxy groups -OCH3 is 2. The summed E-state index contributed by atoms with van der Waals surface area (Å²) in [6.45, 7) is 0. The number of likely N-dealkylation sites (N-methyl/N-ethyl adjacent to an activating group) is 1. The Bertz CT molecular complexity index is 763. The predicted molar refractivity (Wildman–Crippen MR) is 97.1 cm³/mol. The fourth-order valence-electron chi connectivity index (χ4n) is 2.97. The van der Waals surface area contributed by atoms with Gasteiger partial charge in [0.1, 0.15) is 11.5 Å². The number of nitrogens with zero attached hydrogens (tertiary/aromatic N) is 1. The number of hydroxylamine groups is 2. The molecule has 1 aliphatic rings. The zero-order valence-electron chi connectivity index (χ0n) is 14.7. The van der Waals surface area contributed by atoms with Crippen molar-refractivity contribution in [3.05, 3.63) is 53.6 Å². The number of carbonyl (C=O) groups excluding carboxylic acids is 1. The van der Waals surface area contributed by atoms with Crippen molar-refractivity contribution in [3.63, 3.8) is 0 Å². The van der Waals surface area contributed by atoms with Gasteiger partial charge in [-0.05, 0) is 35.4 Å². The Labute approximate surface area is 151 Å². The van der Waals surface area contributed by atoms with Gasteiger partial charge < -0.3 is 9.47 Å². The maximum absolute atomic E-state index is 12.9. The van der Waals surface area contributed by atoms with Crippen LogP contribution in [-0.2, 0) is 9.63 Å². The lowest BCUT2D eigenvalue weighted by Crippen LogP contribution is -2.32. The molecule has 2 aromatic carbocycles. The molecule has 2 atom stereocenters. The van der Waals surface area contributed by atoms with Gasteiger partial charge in [0.15, 0.2) is 0 Å². The van der Waals surface area contributed by atoms with Crippen LogP contribution in [0.2, 0.25) is 0 Å². The van der Waals surface area contributed by atoms with Crippen molar-refractivity contribution in [2.45, 2.75) is 16.1 Å². The van der Waals surface area contributed by atoms with Crippen LogP contribution in [0.4, 0.5) is 0 Å². The molecule has 1 amide bonds. The molecule has 0 aromatic heterocycles. The van der Waals surface area contributed by atoms with Crippen LogP contribution in [0.15, 0.2) is 47.4 Å². The summed E-state index contributed by atoms with van der Waals surface area (Å²) in [4.78, 5) is 19.1. The summed E-state index contributed by atoms with van der Waals surface area (Å²) in [5.74, 6) is 1.19. The zero-order valence-corrected chi connectivity index (χ0v) is 15.5. The Morgan fingerprint density at radius 2 is 1.64 bits per heavy atom. The lowest BCUT2D eigenvalue weighted by atomic mass is 9.91. The van der Waals surface area contributed by atoms with Crippen LogP contribution < -0.4 is 9.47 Å². The second-order valence-electron chi connectivity index (χ2n) is 5.71. The summed E-state index contributed by atoms with van der Waals surface area (Å²) < 4.78 is 10.6. The van der Waals surface area contributed by atoms with Crippen molar-refractivity contribution in [3.8, 4) is 11.5 Å². The van der Waals surface area contributed by atoms with Crippen LogP contribution in [0.3, 0.4) is 0 Å². The Morgan fingerprint density at radius 3 is 2.24 bits per heavy atom. The molecule has 5 nitrogen and oxygen atoms in total. The predicted octanol–water partition coefficient (Wildman–Crippen LogP) is 3.65. The zero-order chi connectivity index (χ0) is 18.0. The van der Waals surface area contributed by atoms with Gasteiger partial charge in [-0.2, -0.15) is 0 Å². The first-order valence-electron chi connectivity index (χ1n) is 7.89. The molecular weight excluding hydrogens is 338 g/mol. The molecular formula is C19H21NO4S. The van der Waals surface area contributed by atoms with Gasteiger partial charge >= 0.3 is 0 Å². The van der Waals surface area contributed by atoms with E-state index in [1.54, 1.807) is 33.0 Å². The van der Waals surface area contributed by atoms with Gasteiger partial charge in [-0.3, -0.25) is 9.63 Å². The highest BCUT2D eigenvalue weighted by Crippen LogP contribution is 2.55.